The summed E-state index contributed by atoms with van der Waals surface area (Å²) in [6.45, 7) is 6.38. The van der Waals surface area contributed by atoms with Crippen LogP contribution in [0.5, 0.6) is 0 Å². The predicted molar refractivity (Wildman–Crippen MR) is 68.5 cm³/mol. The molecule has 0 aliphatic heterocycles. The summed E-state index contributed by atoms with van der Waals surface area (Å²) in [5.74, 6) is -0.691. The van der Waals surface area contributed by atoms with Crippen LogP contribution in [0.15, 0.2) is 23.3 Å². The summed E-state index contributed by atoms with van der Waals surface area (Å²) in [6.07, 6.45) is 9.78. The molecule has 16 heavy (non-hydrogen) atoms. The molecule has 0 unspecified atom stereocenters. The van der Waals surface area contributed by atoms with Crippen molar-refractivity contribution in [3.8, 4) is 0 Å². The van der Waals surface area contributed by atoms with E-state index in [1.54, 1.807) is 0 Å². The van der Waals surface area contributed by atoms with Crippen molar-refractivity contribution in [3.05, 3.63) is 23.3 Å². The van der Waals surface area contributed by atoms with Crippen LogP contribution in [0.4, 0.5) is 0 Å². The van der Waals surface area contributed by atoms with Crippen molar-refractivity contribution in [2.75, 3.05) is 0 Å². The van der Waals surface area contributed by atoms with E-state index < -0.39 is 5.97 Å². The van der Waals surface area contributed by atoms with E-state index in [1.165, 1.54) is 11.1 Å². The van der Waals surface area contributed by atoms with Crippen LogP contribution in [0.3, 0.4) is 0 Å². The Morgan fingerprint density at radius 1 is 1.00 bits per heavy atom. The molecule has 0 radical (unpaired) electrons. The van der Waals surface area contributed by atoms with Gasteiger partial charge in [-0.25, -0.2) is 0 Å². The lowest BCUT2D eigenvalue weighted by atomic mass is 10.1. The van der Waals surface area contributed by atoms with Crippen molar-refractivity contribution in [2.24, 2.45) is 0 Å². The zero-order valence-electron chi connectivity index (χ0n) is 10.8. The standard InChI is InChI=1S/C14H24O2/c1-12(2)8-7-10-13(3)9-5-4-6-11-14(15)16/h8-9H,4-7,10-11H2,1-3H3,(H,15,16). The molecule has 0 amide bonds. The first-order chi connectivity index (χ1) is 7.52. The highest BCUT2D eigenvalue weighted by Gasteiger charge is 1.95. The summed E-state index contributed by atoms with van der Waals surface area (Å²) in [5.41, 5.74) is 2.78. The minimum Gasteiger partial charge on any atom is -0.481 e. The van der Waals surface area contributed by atoms with Crippen molar-refractivity contribution in [3.63, 3.8) is 0 Å². The second-order valence-electron chi connectivity index (χ2n) is 4.51. The molecule has 0 aliphatic rings. The molecule has 0 aromatic heterocycles. The van der Waals surface area contributed by atoms with Gasteiger partial charge in [0.1, 0.15) is 0 Å². The lowest BCUT2D eigenvalue weighted by Crippen LogP contribution is -1.93. The van der Waals surface area contributed by atoms with Gasteiger partial charge in [0.25, 0.3) is 0 Å². The average molecular weight is 224 g/mol. The van der Waals surface area contributed by atoms with E-state index >= 15 is 0 Å². The summed E-state index contributed by atoms with van der Waals surface area (Å²) in [6, 6.07) is 0. The third-order valence-electron chi connectivity index (χ3n) is 2.43. The van der Waals surface area contributed by atoms with Crippen molar-refractivity contribution in [2.45, 2.75) is 59.3 Å². The molecule has 0 heterocycles. The summed E-state index contributed by atoms with van der Waals surface area (Å²) in [5, 5.41) is 8.47. The SMILES string of the molecule is CC(C)=CCCC(C)=CCCCCC(=O)O. The molecule has 0 atom stereocenters. The van der Waals surface area contributed by atoms with Gasteiger partial charge in [0.2, 0.25) is 0 Å². The maximum absolute atomic E-state index is 10.3. The molecule has 0 saturated heterocycles. The normalized spacial score (nSPS) is 11.3. The van der Waals surface area contributed by atoms with E-state index in [4.69, 9.17) is 5.11 Å². The van der Waals surface area contributed by atoms with Crippen LogP contribution >= 0.6 is 0 Å². The van der Waals surface area contributed by atoms with Gasteiger partial charge in [-0.15, -0.1) is 0 Å². The van der Waals surface area contributed by atoms with Gasteiger partial charge in [-0.05, 0) is 52.9 Å². The molecule has 92 valence electrons. The Hall–Kier alpha value is -1.05. The number of hydrogen-bond donors (Lipinski definition) is 1. The topological polar surface area (TPSA) is 37.3 Å². The van der Waals surface area contributed by atoms with Gasteiger partial charge in [0.15, 0.2) is 0 Å². The highest BCUT2D eigenvalue weighted by atomic mass is 16.4. The number of carboxylic acid groups (broad SMARTS) is 1. The Labute approximate surface area is 99.1 Å². The summed E-state index contributed by atoms with van der Waals surface area (Å²) in [7, 11) is 0. The quantitative estimate of drug-likeness (QED) is 0.492. The van der Waals surface area contributed by atoms with Crippen molar-refractivity contribution in [1.29, 1.82) is 0 Å². The van der Waals surface area contributed by atoms with Crippen LogP contribution in [0.25, 0.3) is 0 Å². The molecule has 0 bridgehead atoms. The monoisotopic (exact) mass is 224 g/mol. The molecule has 0 fully saturated rings. The predicted octanol–water partition coefficient (Wildman–Crippen LogP) is 4.32. The van der Waals surface area contributed by atoms with Crippen molar-refractivity contribution >= 4 is 5.97 Å². The van der Waals surface area contributed by atoms with E-state index in [1.807, 2.05) is 0 Å². The fraction of sp³-hybridized carbons (Fsp3) is 0.643. The van der Waals surface area contributed by atoms with Crippen LogP contribution in [-0.4, -0.2) is 11.1 Å². The van der Waals surface area contributed by atoms with Gasteiger partial charge in [0.05, 0.1) is 0 Å². The molecule has 2 heteroatoms. The molecule has 1 N–H and O–H groups in total. The summed E-state index contributed by atoms with van der Waals surface area (Å²) < 4.78 is 0. The number of allylic oxidation sites excluding steroid dienone is 4. The van der Waals surface area contributed by atoms with E-state index in [-0.39, 0.29) is 0 Å². The second-order valence-corrected chi connectivity index (χ2v) is 4.51. The molecule has 0 spiro atoms. The first-order valence-corrected chi connectivity index (χ1v) is 6.03. The van der Waals surface area contributed by atoms with Crippen LogP contribution in [0.1, 0.15) is 59.3 Å². The molecule has 0 aliphatic carbocycles. The number of hydrogen-bond acceptors (Lipinski definition) is 1. The zero-order chi connectivity index (χ0) is 12.4. The third kappa shape index (κ3) is 11.0. The van der Waals surface area contributed by atoms with Crippen LogP contribution in [0, 0.1) is 0 Å². The smallest absolute Gasteiger partial charge is 0.303 e. The second kappa shape index (κ2) is 9.20. The number of unbranched alkanes of at least 4 members (excludes halogenated alkanes) is 2. The van der Waals surface area contributed by atoms with Gasteiger partial charge in [0, 0.05) is 6.42 Å². The maximum atomic E-state index is 10.3. The Morgan fingerprint density at radius 3 is 2.25 bits per heavy atom. The lowest BCUT2D eigenvalue weighted by Gasteiger charge is -1.99. The zero-order valence-corrected chi connectivity index (χ0v) is 10.8. The Balaban J connectivity index is 3.55. The number of carbonyl (C=O) groups is 1. The minimum absolute atomic E-state index is 0.296. The molecule has 0 saturated carbocycles. The van der Waals surface area contributed by atoms with Gasteiger partial charge < -0.3 is 5.11 Å². The molecular formula is C14H24O2. The van der Waals surface area contributed by atoms with E-state index in [2.05, 4.69) is 32.9 Å². The highest BCUT2D eigenvalue weighted by molar-refractivity contribution is 5.66. The van der Waals surface area contributed by atoms with E-state index in [9.17, 15) is 4.79 Å². The minimum atomic E-state index is -0.691. The van der Waals surface area contributed by atoms with Crippen LogP contribution < -0.4 is 0 Å². The van der Waals surface area contributed by atoms with Gasteiger partial charge >= 0.3 is 5.97 Å². The van der Waals surface area contributed by atoms with Gasteiger partial charge in [-0.2, -0.15) is 0 Å². The molecule has 0 aromatic carbocycles. The molecule has 0 aromatic rings. The maximum Gasteiger partial charge on any atom is 0.303 e. The fourth-order valence-electron chi connectivity index (χ4n) is 1.46. The van der Waals surface area contributed by atoms with Crippen LogP contribution in [-0.2, 0) is 4.79 Å². The summed E-state index contributed by atoms with van der Waals surface area (Å²) >= 11 is 0. The number of aliphatic carboxylic acids is 1. The number of carboxylic acids is 1. The molecule has 0 rings (SSSR count). The van der Waals surface area contributed by atoms with Gasteiger partial charge in [-0.1, -0.05) is 23.3 Å². The first-order valence-electron chi connectivity index (χ1n) is 6.03. The Bertz CT molecular complexity index is 258. The van der Waals surface area contributed by atoms with Crippen LogP contribution in [0.2, 0.25) is 0 Å². The van der Waals surface area contributed by atoms with Crippen molar-refractivity contribution in [1.82, 2.24) is 0 Å². The highest BCUT2D eigenvalue weighted by Crippen LogP contribution is 2.09. The average Bonchev–Trinajstić information content (AvgIpc) is 2.16. The summed E-state index contributed by atoms with van der Waals surface area (Å²) in [4.78, 5) is 10.3. The molecular weight excluding hydrogens is 200 g/mol. The van der Waals surface area contributed by atoms with E-state index in [0.717, 1.165) is 32.1 Å². The Morgan fingerprint density at radius 2 is 1.69 bits per heavy atom. The van der Waals surface area contributed by atoms with Crippen molar-refractivity contribution < 1.29 is 9.90 Å². The molecule has 2 nitrogen and oxygen atoms in total. The largest absolute Gasteiger partial charge is 0.481 e. The fourth-order valence-corrected chi connectivity index (χ4v) is 1.46. The lowest BCUT2D eigenvalue weighted by molar-refractivity contribution is -0.137. The first kappa shape index (κ1) is 14.9. The Kier molecular flexibility index (Phi) is 8.59. The van der Waals surface area contributed by atoms with E-state index in [0.29, 0.717) is 6.42 Å². The number of rotatable bonds is 8. The third-order valence-corrected chi connectivity index (χ3v) is 2.43. The van der Waals surface area contributed by atoms with Gasteiger partial charge in [-0.3, -0.25) is 4.79 Å².